The highest BCUT2D eigenvalue weighted by molar-refractivity contribution is 7.98. The predicted molar refractivity (Wildman–Crippen MR) is 104 cm³/mol. The van der Waals surface area contributed by atoms with Crippen LogP contribution in [0.3, 0.4) is 0 Å². The Morgan fingerprint density at radius 2 is 1.62 bits per heavy atom. The number of aromatic nitrogens is 6. The molecule has 0 unspecified atom stereocenters. The highest BCUT2D eigenvalue weighted by atomic mass is 32.2. The summed E-state index contributed by atoms with van der Waals surface area (Å²) in [4.78, 5) is 27.1. The zero-order valence-corrected chi connectivity index (χ0v) is 16.3. The van der Waals surface area contributed by atoms with Crippen LogP contribution in [0.2, 0.25) is 0 Å². The second-order valence-electron chi connectivity index (χ2n) is 6.44. The van der Waals surface area contributed by atoms with Gasteiger partial charge in [-0.1, -0.05) is 11.8 Å². The molecule has 4 heterocycles. The van der Waals surface area contributed by atoms with Crippen LogP contribution in [0.5, 0.6) is 0 Å². The lowest BCUT2D eigenvalue weighted by molar-refractivity contribution is 0.635. The van der Waals surface area contributed by atoms with Gasteiger partial charge < -0.3 is 14.4 Å². The highest BCUT2D eigenvalue weighted by Gasteiger charge is 2.24. The van der Waals surface area contributed by atoms with Gasteiger partial charge in [-0.3, -0.25) is 0 Å². The van der Waals surface area contributed by atoms with E-state index in [1.165, 1.54) is 0 Å². The fraction of sp³-hybridized carbons (Fsp3) is 0.471. The molecule has 0 atom stereocenters. The third kappa shape index (κ3) is 2.86. The molecule has 0 radical (unpaired) electrons. The predicted octanol–water partition coefficient (Wildman–Crippen LogP) is 1.82. The zero-order chi connectivity index (χ0) is 18.3. The Balaban J connectivity index is 1.58. The van der Waals surface area contributed by atoms with E-state index in [1.807, 2.05) is 17.9 Å². The Morgan fingerprint density at radius 1 is 0.923 bits per heavy atom. The van der Waals surface area contributed by atoms with Crippen LogP contribution in [0.1, 0.15) is 11.3 Å². The Kier molecular flexibility index (Phi) is 4.39. The number of hydrogen-bond donors (Lipinski definition) is 0. The van der Waals surface area contributed by atoms with Crippen LogP contribution in [0.25, 0.3) is 11.2 Å². The van der Waals surface area contributed by atoms with Gasteiger partial charge in [-0.15, -0.1) is 0 Å². The van der Waals surface area contributed by atoms with Gasteiger partial charge in [0, 0.05) is 44.5 Å². The summed E-state index contributed by atoms with van der Waals surface area (Å²) < 4.78 is 1.99. The molecular formula is C17H22N8S. The summed E-state index contributed by atoms with van der Waals surface area (Å²) in [6, 6.07) is 0. The number of anilines is 2. The lowest BCUT2D eigenvalue weighted by atomic mass is 10.2. The molecule has 0 amide bonds. The molecule has 1 saturated heterocycles. The molecule has 1 aliphatic heterocycles. The molecule has 3 aromatic heterocycles. The normalized spacial score (nSPS) is 15.1. The molecule has 8 nitrogen and oxygen atoms in total. The standard InChI is InChI=1S/C17H22N8S/c1-11-12(2)21-17(26-4)22-15(11)24-5-7-25(8-6-24)16-13-14(18-9-19-16)20-10-23(13)3/h9-10H,5-8H2,1-4H3. The van der Waals surface area contributed by atoms with Crippen molar-refractivity contribution in [3.63, 3.8) is 0 Å². The van der Waals surface area contributed by atoms with E-state index in [-0.39, 0.29) is 0 Å². The van der Waals surface area contributed by atoms with Gasteiger partial charge in [0.15, 0.2) is 16.6 Å². The van der Waals surface area contributed by atoms with Crippen LogP contribution >= 0.6 is 11.8 Å². The number of fused-ring (bicyclic) bond motifs is 1. The first-order valence-corrected chi connectivity index (χ1v) is 9.82. The van der Waals surface area contributed by atoms with E-state index in [0.717, 1.165) is 65.4 Å². The van der Waals surface area contributed by atoms with E-state index in [4.69, 9.17) is 4.98 Å². The van der Waals surface area contributed by atoms with E-state index >= 15 is 0 Å². The van der Waals surface area contributed by atoms with Crippen molar-refractivity contribution in [2.75, 3.05) is 42.2 Å². The number of hydrogen-bond acceptors (Lipinski definition) is 8. The minimum Gasteiger partial charge on any atom is -0.353 e. The van der Waals surface area contributed by atoms with Crippen molar-refractivity contribution in [2.45, 2.75) is 19.0 Å². The SMILES string of the molecule is CSc1nc(C)c(C)c(N2CCN(c3ncnc4ncn(C)c34)CC2)n1. The molecule has 26 heavy (non-hydrogen) atoms. The monoisotopic (exact) mass is 370 g/mol. The molecule has 3 aromatic rings. The number of rotatable bonds is 3. The van der Waals surface area contributed by atoms with Crippen LogP contribution in [0.4, 0.5) is 11.6 Å². The Bertz CT molecular complexity index is 945. The maximum Gasteiger partial charge on any atom is 0.189 e. The van der Waals surface area contributed by atoms with E-state index in [0.29, 0.717) is 0 Å². The molecule has 1 fully saturated rings. The van der Waals surface area contributed by atoms with Crippen molar-refractivity contribution in [2.24, 2.45) is 7.05 Å². The summed E-state index contributed by atoms with van der Waals surface area (Å²) in [7, 11) is 1.98. The first-order valence-electron chi connectivity index (χ1n) is 8.59. The minimum absolute atomic E-state index is 0.742. The molecule has 0 spiro atoms. The maximum absolute atomic E-state index is 4.75. The molecule has 0 aliphatic carbocycles. The molecule has 0 saturated carbocycles. The summed E-state index contributed by atoms with van der Waals surface area (Å²) in [6.07, 6.45) is 5.40. The van der Waals surface area contributed by atoms with Crippen molar-refractivity contribution in [3.8, 4) is 0 Å². The third-order valence-corrected chi connectivity index (χ3v) is 5.44. The van der Waals surface area contributed by atoms with E-state index < -0.39 is 0 Å². The summed E-state index contributed by atoms with van der Waals surface area (Å²) in [5.74, 6) is 2.00. The van der Waals surface area contributed by atoms with Crippen molar-refractivity contribution >= 4 is 34.6 Å². The van der Waals surface area contributed by atoms with Gasteiger partial charge in [0.1, 0.15) is 17.7 Å². The second-order valence-corrected chi connectivity index (χ2v) is 7.22. The van der Waals surface area contributed by atoms with Gasteiger partial charge in [0.05, 0.1) is 6.33 Å². The molecule has 9 heteroatoms. The molecule has 4 rings (SSSR count). The number of piperazine rings is 1. The van der Waals surface area contributed by atoms with E-state index in [2.05, 4.69) is 43.6 Å². The number of imidazole rings is 1. The van der Waals surface area contributed by atoms with Gasteiger partial charge in [-0.25, -0.2) is 24.9 Å². The van der Waals surface area contributed by atoms with Crippen molar-refractivity contribution in [3.05, 3.63) is 23.9 Å². The summed E-state index contributed by atoms with van der Waals surface area (Å²) in [5.41, 5.74) is 3.94. The van der Waals surface area contributed by atoms with Gasteiger partial charge in [-0.2, -0.15) is 0 Å². The van der Waals surface area contributed by atoms with Crippen LogP contribution in [0.15, 0.2) is 17.8 Å². The second kappa shape index (κ2) is 6.71. The lowest BCUT2D eigenvalue weighted by Gasteiger charge is -2.37. The fourth-order valence-electron chi connectivity index (χ4n) is 3.32. The van der Waals surface area contributed by atoms with Crippen LogP contribution in [-0.2, 0) is 7.05 Å². The summed E-state index contributed by atoms with van der Waals surface area (Å²) in [5, 5.41) is 0.831. The van der Waals surface area contributed by atoms with Crippen molar-refractivity contribution in [1.29, 1.82) is 0 Å². The zero-order valence-electron chi connectivity index (χ0n) is 15.5. The first-order chi connectivity index (χ1) is 12.6. The highest BCUT2D eigenvalue weighted by Crippen LogP contribution is 2.27. The maximum atomic E-state index is 4.75. The topological polar surface area (TPSA) is 75.9 Å². The van der Waals surface area contributed by atoms with E-state index in [9.17, 15) is 0 Å². The average Bonchev–Trinajstić information content (AvgIpc) is 3.05. The Labute approximate surface area is 156 Å². The molecule has 136 valence electrons. The summed E-state index contributed by atoms with van der Waals surface area (Å²) >= 11 is 1.59. The van der Waals surface area contributed by atoms with Crippen LogP contribution in [-0.4, -0.2) is 61.9 Å². The average molecular weight is 370 g/mol. The van der Waals surface area contributed by atoms with Crippen LogP contribution < -0.4 is 9.80 Å². The Hall–Kier alpha value is -2.42. The van der Waals surface area contributed by atoms with Gasteiger partial charge in [-0.05, 0) is 20.1 Å². The molecule has 0 aromatic carbocycles. The molecule has 1 aliphatic rings. The van der Waals surface area contributed by atoms with Gasteiger partial charge >= 0.3 is 0 Å². The fourth-order valence-corrected chi connectivity index (χ4v) is 3.72. The van der Waals surface area contributed by atoms with Gasteiger partial charge in [0.2, 0.25) is 0 Å². The number of thioether (sulfide) groups is 1. The number of nitrogens with zero attached hydrogens (tertiary/aromatic N) is 8. The first kappa shape index (κ1) is 17.0. The van der Waals surface area contributed by atoms with E-state index in [1.54, 1.807) is 24.4 Å². The Morgan fingerprint density at radius 3 is 2.31 bits per heavy atom. The van der Waals surface area contributed by atoms with Crippen molar-refractivity contribution in [1.82, 2.24) is 29.5 Å². The third-order valence-electron chi connectivity index (χ3n) is 4.89. The smallest absolute Gasteiger partial charge is 0.189 e. The van der Waals surface area contributed by atoms with Gasteiger partial charge in [0.25, 0.3) is 0 Å². The quantitative estimate of drug-likeness (QED) is 0.510. The minimum atomic E-state index is 0.742. The largest absolute Gasteiger partial charge is 0.353 e. The lowest BCUT2D eigenvalue weighted by Crippen LogP contribution is -2.47. The number of aryl methyl sites for hydroxylation is 2. The molecule has 0 bridgehead atoms. The molecule has 0 N–H and O–H groups in total. The van der Waals surface area contributed by atoms with Crippen molar-refractivity contribution < 1.29 is 0 Å². The van der Waals surface area contributed by atoms with Crippen LogP contribution in [0, 0.1) is 13.8 Å². The summed E-state index contributed by atoms with van der Waals surface area (Å²) in [6.45, 7) is 7.72. The molecular weight excluding hydrogens is 348 g/mol.